The van der Waals surface area contributed by atoms with Gasteiger partial charge in [-0.2, -0.15) is 0 Å². The van der Waals surface area contributed by atoms with Crippen LogP contribution in [-0.2, 0) is 14.6 Å². The molecule has 0 unspecified atom stereocenters. The lowest BCUT2D eigenvalue weighted by Crippen LogP contribution is -2.40. The van der Waals surface area contributed by atoms with E-state index in [0.29, 0.717) is 6.42 Å². The molecule has 2 saturated heterocycles. The molecule has 0 aromatic heterocycles. The summed E-state index contributed by atoms with van der Waals surface area (Å²) >= 11 is 6.73. The molecule has 0 saturated carbocycles. The Morgan fingerprint density at radius 3 is 2.60 bits per heavy atom. The van der Waals surface area contributed by atoms with Crippen LogP contribution in [0.15, 0.2) is 0 Å². The molecule has 20 heavy (non-hydrogen) atoms. The van der Waals surface area contributed by atoms with Gasteiger partial charge in [-0.1, -0.05) is 24.0 Å². The lowest BCUT2D eigenvalue weighted by atomic mass is 10.2. The monoisotopic (exact) mass is 336 g/mol. The molecule has 1 N–H and O–H groups in total. The van der Waals surface area contributed by atoms with E-state index in [2.05, 4.69) is 10.2 Å². The van der Waals surface area contributed by atoms with Crippen LogP contribution in [0.25, 0.3) is 0 Å². The molecule has 2 aliphatic heterocycles. The summed E-state index contributed by atoms with van der Waals surface area (Å²) in [5.74, 6) is 0.108. The molecule has 2 heterocycles. The fraction of sp³-hybridized carbons (Fsp3) is 0.833. The normalized spacial score (nSPS) is 26.4. The zero-order chi connectivity index (χ0) is 14.8. The van der Waals surface area contributed by atoms with Gasteiger partial charge in [0, 0.05) is 19.1 Å². The highest BCUT2D eigenvalue weighted by Gasteiger charge is 2.30. The van der Waals surface area contributed by atoms with Crippen LogP contribution >= 0.6 is 24.0 Å². The van der Waals surface area contributed by atoms with Crippen LogP contribution in [0.1, 0.15) is 26.2 Å². The lowest BCUT2D eigenvalue weighted by Gasteiger charge is -2.21. The van der Waals surface area contributed by atoms with Crippen molar-refractivity contribution in [3.63, 3.8) is 0 Å². The van der Waals surface area contributed by atoms with E-state index in [-0.39, 0.29) is 28.7 Å². The molecule has 8 heteroatoms. The summed E-state index contributed by atoms with van der Waals surface area (Å²) in [5.41, 5.74) is 0. The number of carbonyl (C=O) groups excluding carboxylic acids is 1. The quantitative estimate of drug-likeness (QED) is 0.769. The number of thiocarbonyl (C=S) groups is 1. The first-order valence-corrected chi connectivity index (χ1v) is 9.95. The standard InChI is InChI=1S/C12H20N2O3S3/c1-9(19-12(18)14-5-2-3-6-14)11(15)13-10-4-7-20(16,17)8-10/h9-10H,2-8H2,1H3,(H,13,15)/t9-,10-/m0/s1. The summed E-state index contributed by atoms with van der Waals surface area (Å²) in [6, 6.07) is -0.240. The van der Waals surface area contributed by atoms with Gasteiger partial charge in [0.2, 0.25) is 5.91 Å². The number of rotatable bonds is 3. The van der Waals surface area contributed by atoms with Crippen molar-refractivity contribution in [2.75, 3.05) is 24.6 Å². The molecule has 0 aromatic rings. The second-order valence-corrected chi connectivity index (χ2v) is 9.53. The lowest BCUT2D eigenvalue weighted by molar-refractivity contribution is -0.120. The number of thioether (sulfide) groups is 1. The number of likely N-dealkylation sites (tertiary alicyclic amines) is 1. The Labute approximate surface area is 129 Å². The molecule has 5 nitrogen and oxygen atoms in total. The van der Waals surface area contributed by atoms with Gasteiger partial charge in [-0.05, 0) is 26.2 Å². The number of sulfone groups is 1. The Hall–Kier alpha value is -0.340. The Morgan fingerprint density at radius 2 is 2.05 bits per heavy atom. The van der Waals surface area contributed by atoms with Gasteiger partial charge in [0.05, 0.1) is 16.8 Å². The van der Waals surface area contributed by atoms with Gasteiger partial charge in [0.25, 0.3) is 0 Å². The Morgan fingerprint density at radius 1 is 1.40 bits per heavy atom. The number of amides is 1. The minimum absolute atomic E-state index is 0.0622. The number of nitrogens with one attached hydrogen (secondary N) is 1. The predicted octanol–water partition coefficient (Wildman–Crippen LogP) is 0.792. The molecule has 0 aliphatic carbocycles. The highest BCUT2D eigenvalue weighted by molar-refractivity contribution is 8.23. The maximum Gasteiger partial charge on any atom is 0.233 e. The van der Waals surface area contributed by atoms with Crippen LogP contribution in [0, 0.1) is 0 Å². The van der Waals surface area contributed by atoms with Crippen molar-refractivity contribution < 1.29 is 13.2 Å². The second-order valence-electron chi connectivity index (χ2n) is 5.33. The second kappa shape index (κ2) is 6.62. The van der Waals surface area contributed by atoms with Crippen LogP contribution in [0.4, 0.5) is 0 Å². The minimum atomic E-state index is -2.96. The Balaban J connectivity index is 1.78. The summed E-state index contributed by atoms with van der Waals surface area (Å²) in [4.78, 5) is 14.2. The molecule has 0 aromatic carbocycles. The van der Waals surface area contributed by atoms with Crippen LogP contribution in [0.5, 0.6) is 0 Å². The summed E-state index contributed by atoms with van der Waals surface area (Å²) in [7, 11) is -2.96. The first kappa shape index (κ1) is 16.0. The molecule has 2 aliphatic rings. The fourth-order valence-electron chi connectivity index (χ4n) is 2.41. The molecule has 0 bridgehead atoms. The maximum absolute atomic E-state index is 12.1. The van der Waals surface area contributed by atoms with E-state index in [4.69, 9.17) is 12.2 Å². The fourth-order valence-corrected chi connectivity index (χ4v) is 5.50. The van der Waals surface area contributed by atoms with Crippen molar-refractivity contribution in [2.45, 2.75) is 37.5 Å². The molecular formula is C12H20N2O3S3. The Kier molecular flexibility index (Phi) is 5.30. The van der Waals surface area contributed by atoms with Crippen molar-refractivity contribution in [3.05, 3.63) is 0 Å². The number of nitrogens with zero attached hydrogens (tertiary/aromatic N) is 1. The van der Waals surface area contributed by atoms with E-state index in [1.165, 1.54) is 11.8 Å². The van der Waals surface area contributed by atoms with Gasteiger partial charge >= 0.3 is 0 Å². The summed E-state index contributed by atoms with van der Waals surface area (Å²) in [5, 5.41) is 2.53. The summed E-state index contributed by atoms with van der Waals surface area (Å²) in [6.07, 6.45) is 2.82. The van der Waals surface area contributed by atoms with E-state index < -0.39 is 9.84 Å². The SMILES string of the molecule is C[C@H](SC(=S)N1CCCC1)C(=O)N[C@H]1CCS(=O)(=O)C1. The maximum atomic E-state index is 12.1. The van der Waals surface area contributed by atoms with Crippen LogP contribution < -0.4 is 5.32 Å². The smallest absolute Gasteiger partial charge is 0.233 e. The number of hydrogen-bond acceptors (Lipinski definition) is 5. The van der Waals surface area contributed by atoms with Crippen molar-refractivity contribution in [2.24, 2.45) is 0 Å². The van der Waals surface area contributed by atoms with Gasteiger partial charge in [-0.25, -0.2) is 8.42 Å². The van der Waals surface area contributed by atoms with Crippen LogP contribution in [0.3, 0.4) is 0 Å². The first-order chi connectivity index (χ1) is 9.37. The zero-order valence-corrected chi connectivity index (χ0v) is 14.0. The van der Waals surface area contributed by atoms with Crippen molar-refractivity contribution in [1.82, 2.24) is 10.2 Å². The average Bonchev–Trinajstić information content (AvgIpc) is 2.98. The molecule has 2 atom stereocenters. The van der Waals surface area contributed by atoms with Crippen molar-refractivity contribution >= 4 is 44.0 Å². The minimum Gasteiger partial charge on any atom is -0.358 e. The van der Waals surface area contributed by atoms with Crippen molar-refractivity contribution in [3.8, 4) is 0 Å². The van der Waals surface area contributed by atoms with Crippen LogP contribution in [-0.4, -0.2) is 59.4 Å². The van der Waals surface area contributed by atoms with Crippen LogP contribution in [0.2, 0.25) is 0 Å². The molecule has 1 amide bonds. The average molecular weight is 337 g/mol. The largest absolute Gasteiger partial charge is 0.358 e. The van der Waals surface area contributed by atoms with Gasteiger partial charge in [-0.3, -0.25) is 4.79 Å². The van der Waals surface area contributed by atoms with E-state index in [9.17, 15) is 13.2 Å². The van der Waals surface area contributed by atoms with Gasteiger partial charge < -0.3 is 10.2 Å². The summed E-state index contributed by atoms with van der Waals surface area (Å²) in [6.45, 7) is 3.76. The molecule has 2 rings (SSSR count). The molecule has 0 spiro atoms. The highest BCUT2D eigenvalue weighted by Crippen LogP contribution is 2.21. The molecular weight excluding hydrogens is 316 g/mol. The number of carbonyl (C=O) groups is 1. The van der Waals surface area contributed by atoms with E-state index in [1.807, 2.05) is 6.92 Å². The third-order valence-corrected chi connectivity index (χ3v) is 6.93. The molecule has 2 fully saturated rings. The van der Waals surface area contributed by atoms with Crippen molar-refractivity contribution in [1.29, 1.82) is 0 Å². The topological polar surface area (TPSA) is 66.5 Å². The molecule has 0 radical (unpaired) electrons. The first-order valence-electron chi connectivity index (χ1n) is 6.84. The highest BCUT2D eigenvalue weighted by atomic mass is 32.2. The molecule has 114 valence electrons. The van der Waals surface area contributed by atoms with Gasteiger partial charge in [0.1, 0.15) is 4.32 Å². The third-order valence-electron chi connectivity index (χ3n) is 3.59. The van der Waals surface area contributed by atoms with E-state index in [1.54, 1.807) is 0 Å². The summed E-state index contributed by atoms with van der Waals surface area (Å²) < 4.78 is 23.5. The third kappa shape index (κ3) is 4.33. The Bertz CT molecular complexity index is 486. The van der Waals surface area contributed by atoms with Gasteiger partial charge in [0.15, 0.2) is 9.84 Å². The number of hydrogen-bond donors (Lipinski definition) is 1. The zero-order valence-electron chi connectivity index (χ0n) is 11.5. The van der Waals surface area contributed by atoms with Gasteiger partial charge in [-0.15, -0.1) is 0 Å². The van der Waals surface area contributed by atoms with E-state index >= 15 is 0 Å². The van der Waals surface area contributed by atoms with E-state index in [0.717, 1.165) is 30.3 Å². The predicted molar refractivity (Wildman–Crippen MR) is 85.7 cm³/mol.